The third kappa shape index (κ3) is 6.15. The molecular weight excluding hydrogens is 385 g/mol. The van der Waals surface area contributed by atoms with Gasteiger partial charge in [-0.25, -0.2) is 9.18 Å². The van der Waals surface area contributed by atoms with Crippen LogP contribution in [0.3, 0.4) is 0 Å². The van der Waals surface area contributed by atoms with Crippen LogP contribution in [-0.4, -0.2) is 62.5 Å². The Kier molecular flexibility index (Phi) is 8.90. The molecule has 6 nitrogen and oxygen atoms in total. The molecule has 2 aliphatic rings. The van der Waals surface area contributed by atoms with Crippen molar-refractivity contribution in [1.82, 2.24) is 15.5 Å². The highest BCUT2D eigenvalue weighted by Gasteiger charge is 2.30. The summed E-state index contributed by atoms with van der Waals surface area (Å²) in [4.78, 5) is 15.3. The van der Waals surface area contributed by atoms with Crippen LogP contribution in [0.15, 0.2) is 24.3 Å². The second-order valence-corrected chi connectivity index (χ2v) is 8.23. The minimum Gasteiger partial charge on any atom is -0.379 e. The minimum atomic E-state index is -0.289. The van der Waals surface area contributed by atoms with Crippen molar-refractivity contribution in [2.24, 2.45) is 5.92 Å². The molecule has 0 aliphatic carbocycles. The number of morpholine rings is 1. The monoisotopic (exact) mass is 421 g/mol. The van der Waals surface area contributed by atoms with Crippen molar-refractivity contribution < 1.29 is 18.7 Å². The van der Waals surface area contributed by atoms with Crippen molar-refractivity contribution in [1.29, 1.82) is 0 Å². The molecule has 1 aromatic rings. The van der Waals surface area contributed by atoms with Crippen LogP contribution in [-0.2, 0) is 9.47 Å². The highest BCUT2D eigenvalue weighted by atomic mass is 19.1. The fourth-order valence-corrected chi connectivity index (χ4v) is 4.65. The Morgan fingerprint density at radius 1 is 1.17 bits per heavy atom. The molecule has 168 valence electrons. The number of carbonyl (C=O) groups is 1. The zero-order valence-electron chi connectivity index (χ0n) is 18.2. The summed E-state index contributed by atoms with van der Waals surface area (Å²) in [5.74, 6) is 0.238. The molecule has 0 spiro atoms. The number of rotatable bonds is 9. The van der Waals surface area contributed by atoms with Crippen LogP contribution >= 0.6 is 0 Å². The molecule has 3 atom stereocenters. The summed E-state index contributed by atoms with van der Waals surface area (Å²) in [7, 11) is 0. The van der Waals surface area contributed by atoms with E-state index in [-0.39, 0.29) is 24.0 Å². The Labute approximate surface area is 179 Å². The Hall–Kier alpha value is -1.70. The molecule has 2 amide bonds. The Bertz CT molecular complexity index is 642. The molecule has 2 N–H and O–H groups in total. The van der Waals surface area contributed by atoms with Crippen LogP contribution in [0.25, 0.3) is 0 Å². The third-order valence-corrected chi connectivity index (χ3v) is 6.43. The van der Waals surface area contributed by atoms with Gasteiger partial charge in [0, 0.05) is 32.3 Å². The van der Waals surface area contributed by atoms with Crippen molar-refractivity contribution in [3.05, 3.63) is 35.6 Å². The van der Waals surface area contributed by atoms with Gasteiger partial charge in [-0.1, -0.05) is 38.8 Å². The standard InChI is InChI=1S/C23H36FN3O3/c1-3-17(4-2)20(27-11-14-29-15-12-27)16-25-23(28)26-22(21-6-5-13-30-21)18-7-9-19(24)10-8-18/h7-10,17,20-22H,3-6,11-16H2,1-2H3,(H2,25,26,28). The van der Waals surface area contributed by atoms with E-state index in [0.29, 0.717) is 25.1 Å². The van der Waals surface area contributed by atoms with Crippen LogP contribution < -0.4 is 10.6 Å². The molecule has 1 aromatic carbocycles. The molecule has 2 aliphatic heterocycles. The van der Waals surface area contributed by atoms with E-state index >= 15 is 0 Å². The average molecular weight is 422 g/mol. The number of amides is 2. The maximum absolute atomic E-state index is 13.4. The van der Waals surface area contributed by atoms with Gasteiger partial charge in [0.15, 0.2) is 0 Å². The van der Waals surface area contributed by atoms with Crippen LogP contribution in [0.1, 0.15) is 51.1 Å². The van der Waals surface area contributed by atoms with Crippen molar-refractivity contribution in [3.63, 3.8) is 0 Å². The first-order valence-corrected chi connectivity index (χ1v) is 11.4. The maximum Gasteiger partial charge on any atom is 0.315 e. The number of benzene rings is 1. The van der Waals surface area contributed by atoms with E-state index in [1.807, 2.05) is 0 Å². The lowest BCUT2D eigenvalue weighted by atomic mass is 9.92. The second-order valence-electron chi connectivity index (χ2n) is 8.23. The molecule has 0 saturated carbocycles. The summed E-state index contributed by atoms with van der Waals surface area (Å²) >= 11 is 0. The number of carbonyl (C=O) groups excluding carboxylic acids is 1. The predicted octanol–water partition coefficient (Wildman–Crippen LogP) is 3.48. The van der Waals surface area contributed by atoms with Crippen LogP contribution in [0.2, 0.25) is 0 Å². The first-order valence-electron chi connectivity index (χ1n) is 11.4. The summed E-state index contributed by atoms with van der Waals surface area (Å²) in [5.41, 5.74) is 0.864. The lowest BCUT2D eigenvalue weighted by Gasteiger charge is -2.39. The smallest absolute Gasteiger partial charge is 0.315 e. The normalized spacial score (nSPS) is 22.1. The maximum atomic E-state index is 13.4. The van der Waals surface area contributed by atoms with Gasteiger partial charge in [0.05, 0.1) is 25.4 Å². The number of hydrogen-bond acceptors (Lipinski definition) is 4. The van der Waals surface area contributed by atoms with Crippen LogP contribution in [0.5, 0.6) is 0 Å². The van der Waals surface area contributed by atoms with Crippen LogP contribution in [0.4, 0.5) is 9.18 Å². The molecule has 0 aromatic heterocycles. The predicted molar refractivity (Wildman–Crippen MR) is 115 cm³/mol. The summed E-state index contributed by atoms with van der Waals surface area (Å²) < 4.78 is 24.7. The number of nitrogens with one attached hydrogen (secondary N) is 2. The fraction of sp³-hybridized carbons (Fsp3) is 0.696. The third-order valence-electron chi connectivity index (χ3n) is 6.43. The lowest BCUT2D eigenvalue weighted by Crippen LogP contribution is -2.53. The highest BCUT2D eigenvalue weighted by Crippen LogP contribution is 2.27. The fourth-order valence-electron chi connectivity index (χ4n) is 4.65. The van der Waals surface area contributed by atoms with E-state index in [2.05, 4.69) is 29.4 Å². The first kappa shape index (κ1) is 23.0. The molecule has 0 radical (unpaired) electrons. The Balaban J connectivity index is 1.63. The number of urea groups is 1. The van der Waals surface area contributed by atoms with Gasteiger partial charge in [-0.15, -0.1) is 0 Å². The van der Waals surface area contributed by atoms with Crippen molar-refractivity contribution in [2.75, 3.05) is 39.5 Å². The first-order chi connectivity index (χ1) is 14.6. The Morgan fingerprint density at radius 3 is 2.47 bits per heavy atom. The van der Waals surface area contributed by atoms with Crippen molar-refractivity contribution in [2.45, 2.75) is 57.7 Å². The summed E-state index contributed by atoms with van der Waals surface area (Å²) in [6, 6.07) is 6.11. The van der Waals surface area contributed by atoms with Gasteiger partial charge < -0.3 is 20.1 Å². The van der Waals surface area contributed by atoms with E-state index < -0.39 is 0 Å². The van der Waals surface area contributed by atoms with Crippen LogP contribution in [0, 0.1) is 11.7 Å². The van der Waals surface area contributed by atoms with Gasteiger partial charge in [-0.3, -0.25) is 4.90 Å². The second kappa shape index (κ2) is 11.6. The number of halogens is 1. The van der Waals surface area contributed by atoms with E-state index in [0.717, 1.165) is 57.6 Å². The molecule has 7 heteroatoms. The summed E-state index contributed by atoms with van der Waals surface area (Å²) in [5, 5.41) is 6.19. The largest absolute Gasteiger partial charge is 0.379 e. The minimum absolute atomic E-state index is 0.0877. The quantitative estimate of drug-likeness (QED) is 0.641. The highest BCUT2D eigenvalue weighted by molar-refractivity contribution is 5.74. The van der Waals surface area contributed by atoms with Gasteiger partial charge in [-0.2, -0.15) is 0 Å². The molecule has 3 rings (SSSR count). The van der Waals surface area contributed by atoms with Gasteiger partial charge in [-0.05, 0) is 36.5 Å². The SMILES string of the molecule is CCC(CC)C(CNC(=O)NC(c1ccc(F)cc1)C1CCCO1)N1CCOCC1. The van der Waals surface area contributed by atoms with Gasteiger partial charge >= 0.3 is 6.03 Å². The summed E-state index contributed by atoms with van der Waals surface area (Å²) in [6.45, 7) is 9.01. The van der Waals surface area contributed by atoms with Crippen molar-refractivity contribution >= 4 is 6.03 Å². The van der Waals surface area contributed by atoms with Crippen molar-refractivity contribution in [3.8, 4) is 0 Å². The van der Waals surface area contributed by atoms with E-state index in [1.54, 1.807) is 12.1 Å². The molecule has 2 fully saturated rings. The topological polar surface area (TPSA) is 62.8 Å². The molecule has 2 saturated heterocycles. The number of nitrogens with zero attached hydrogens (tertiary/aromatic N) is 1. The van der Waals surface area contributed by atoms with Gasteiger partial charge in [0.2, 0.25) is 0 Å². The summed E-state index contributed by atoms with van der Waals surface area (Å²) in [6.07, 6.45) is 3.92. The zero-order valence-corrected chi connectivity index (χ0v) is 18.2. The molecule has 2 heterocycles. The van der Waals surface area contributed by atoms with E-state index in [9.17, 15) is 9.18 Å². The molecule has 3 unspecified atom stereocenters. The van der Waals surface area contributed by atoms with Gasteiger partial charge in [0.25, 0.3) is 0 Å². The Morgan fingerprint density at radius 2 is 1.87 bits per heavy atom. The number of hydrogen-bond donors (Lipinski definition) is 2. The lowest BCUT2D eigenvalue weighted by molar-refractivity contribution is 0.00229. The average Bonchev–Trinajstić information content (AvgIpc) is 3.31. The molecule has 30 heavy (non-hydrogen) atoms. The zero-order chi connectivity index (χ0) is 21.3. The number of ether oxygens (including phenoxy) is 2. The molecular formula is C23H36FN3O3. The van der Waals surface area contributed by atoms with Gasteiger partial charge in [0.1, 0.15) is 5.82 Å². The van der Waals surface area contributed by atoms with E-state index in [4.69, 9.17) is 9.47 Å². The van der Waals surface area contributed by atoms with E-state index in [1.165, 1.54) is 12.1 Å². The molecule has 0 bridgehead atoms.